The fourth-order valence-corrected chi connectivity index (χ4v) is 5.07. The maximum atomic E-state index is 13.1. The van der Waals surface area contributed by atoms with Crippen LogP contribution in [0, 0.1) is 11.8 Å². The van der Waals surface area contributed by atoms with Gasteiger partial charge in [-0.1, -0.05) is 26.7 Å². The summed E-state index contributed by atoms with van der Waals surface area (Å²) in [6.45, 7) is 6.49. The molecule has 2 aliphatic rings. The highest BCUT2D eigenvalue weighted by Gasteiger charge is 2.39. The molecular weight excluding hydrogens is 516 g/mol. The zero-order valence-electron chi connectivity index (χ0n) is 21.6. The lowest BCUT2D eigenvalue weighted by Gasteiger charge is -2.39. The van der Waals surface area contributed by atoms with Crippen LogP contribution in [0.3, 0.4) is 0 Å². The van der Waals surface area contributed by atoms with Crippen molar-refractivity contribution in [1.29, 1.82) is 0 Å². The van der Waals surface area contributed by atoms with Crippen LogP contribution in [0.1, 0.15) is 73.9 Å². The fourth-order valence-electron chi connectivity index (χ4n) is 5.07. The number of benzene rings is 1. The molecule has 2 N–H and O–H groups in total. The highest BCUT2D eigenvalue weighted by atomic mass is 19.4. The number of alkyl halides is 6. The molecule has 1 heterocycles. The number of carbonyl (C=O) groups excluding carboxylic acids is 2. The van der Waals surface area contributed by atoms with Gasteiger partial charge in [-0.3, -0.25) is 4.79 Å². The molecule has 3 rings (SSSR count). The minimum atomic E-state index is -5.01. The first-order valence-electron chi connectivity index (χ1n) is 12.9. The van der Waals surface area contributed by atoms with E-state index in [1.54, 1.807) is 0 Å². The number of ether oxygens (including phenoxy) is 1. The minimum Gasteiger partial charge on any atom is -0.449 e. The van der Waals surface area contributed by atoms with E-state index in [-0.39, 0.29) is 30.0 Å². The SMILES string of the molecule is CC(C)COC(=O)NC1(CN2CCC(CNC(=O)c3cc(C(F)(F)F)cc(C(F)(F)F)c3)CC2)CCCC1. The van der Waals surface area contributed by atoms with Crippen molar-refractivity contribution in [1.82, 2.24) is 15.5 Å². The van der Waals surface area contributed by atoms with Crippen LogP contribution in [0.25, 0.3) is 0 Å². The maximum Gasteiger partial charge on any atom is 0.416 e. The predicted octanol–water partition coefficient (Wildman–Crippen LogP) is 5.86. The van der Waals surface area contributed by atoms with Crippen LogP contribution in [-0.4, -0.2) is 55.2 Å². The molecule has 214 valence electrons. The van der Waals surface area contributed by atoms with Crippen molar-refractivity contribution in [3.8, 4) is 0 Å². The van der Waals surface area contributed by atoms with E-state index < -0.39 is 41.0 Å². The standard InChI is InChI=1S/C26H35F6N3O3/c1-17(2)15-38-23(37)34-24(7-3-4-8-24)16-35-9-5-18(6-10-35)14-33-22(36)19-11-20(25(27,28)29)13-21(12-19)26(30,31)32/h11-13,17-18H,3-10,14-16H2,1-2H3,(H,33,36)(H,34,37). The number of alkyl carbamates (subject to hydrolysis) is 1. The summed E-state index contributed by atoms with van der Waals surface area (Å²) in [6, 6.07) is 0.878. The molecule has 0 radical (unpaired) electrons. The van der Waals surface area contributed by atoms with Gasteiger partial charge in [-0.25, -0.2) is 4.79 Å². The second-order valence-electron chi connectivity index (χ2n) is 10.8. The van der Waals surface area contributed by atoms with Gasteiger partial charge in [-0.2, -0.15) is 26.3 Å². The number of amides is 2. The summed E-state index contributed by atoms with van der Waals surface area (Å²) in [7, 11) is 0. The molecular formula is C26H35F6N3O3. The normalized spacial score (nSPS) is 19.0. The minimum absolute atomic E-state index is 0.00247. The molecule has 12 heteroatoms. The van der Waals surface area contributed by atoms with Crippen LogP contribution < -0.4 is 10.6 Å². The third-order valence-electron chi connectivity index (χ3n) is 7.11. The van der Waals surface area contributed by atoms with Gasteiger partial charge in [0.05, 0.1) is 23.3 Å². The molecule has 0 unspecified atom stereocenters. The van der Waals surface area contributed by atoms with Gasteiger partial charge >= 0.3 is 18.4 Å². The van der Waals surface area contributed by atoms with Crippen LogP contribution in [0.4, 0.5) is 31.1 Å². The Bertz CT molecular complexity index is 934. The van der Waals surface area contributed by atoms with Gasteiger partial charge < -0.3 is 20.3 Å². The van der Waals surface area contributed by atoms with E-state index in [0.29, 0.717) is 51.2 Å². The van der Waals surface area contributed by atoms with Gasteiger partial charge in [-0.05, 0) is 68.8 Å². The monoisotopic (exact) mass is 551 g/mol. The van der Waals surface area contributed by atoms with Gasteiger partial charge in [0.25, 0.3) is 5.91 Å². The van der Waals surface area contributed by atoms with Crippen molar-refractivity contribution >= 4 is 12.0 Å². The number of nitrogens with zero attached hydrogens (tertiary/aromatic N) is 1. The van der Waals surface area contributed by atoms with E-state index in [9.17, 15) is 35.9 Å². The Morgan fingerprint density at radius 1 is 1.00 bits per heavy atom. The van der Waals surface area contributed by atoms with Crippen LogP contribution in [0.15, 0.2) is 18.2 Å². The van der Waals surface area contributed by atoms with Crippen molar-refractivity contribution in [3.05, 3.63) is 34.9 Å². The van der Waals surface area contributed by atoms with E-state index in [0.717, 1.165) is 25.7 Å². The molecule has 1 aromatic carbocycles. The lowest BCUT2D eigenvalue weighted by atomic mass is 9.92. The molecule has 6 nitrogen and oxygen atoms in total. The van der Waals surface area contributed by atoms with Crippen molar-refractivity contribution < 1.29 is 40.7 Å². The molecule has 1 saturated carbocycles. The molecule has 2 amide bonds. The molecule has 0 atom stereocenters. The first-order chi connectivity index (χ1) is 17.7. The Hall–Kier alpha value is -2.50. The van der Waals surface area contributed by atoms with Crippen molar-refractivity contribution in [2.75, 3.05) is 32.8 Å². The Balaban J connectivity index is 1.53. The number of nitrogens with one attached hydrogen (secondary N) is 2. The van der Waals surface area contributed by atoms with E-state index in [2.05, 4.69) is 15.5 Å². The lowest BCUT2D eigenvalue weighted by molar-refractivity contribution is -0.143. The highest BCUT2D eigenvalue weighted by Crippen LogP contribution is 2.36. The zero-order chi connectivity index (χ0) is 28.1. The fraction of sp³-hybridized carbons (Fsp3) is 0.692. The summed E-state index contributed by atoms with van der Waals surface area (Å²) >= 11 is 0. The van der Waals surface area contributed by atoms with Gasteiger partial charge in [-0.15, -0.1) is 0 Å². The molecule has 0 spiro atoms. The Morgan fingerprint density at radius 3 is 2.05 bits per heavy atom. The number of hydrogen-bond acceptors (Lipinski definition) is 4. The summed E-state index contributed by atoms with van der Waals surface area (Å²) in [5.74, 6) is -0.704. The molecule has 0 aromatic heterocycles. The second-order valence-corrected chi connectivity index (χ2v) is 10.8. The first kappa shape index (κ1) is 30.0. The zero-order valence-corrected chi connectivity index (χ0v) is 21.6. The summed E-state index contributed by atoms with van der Waals surface area (Å²) < 4.78 is 83.9. The maximum absolute atomic E-state index is 13.1. The molecule has 1 aliphatic carbocycles. The third kappa shape index (κ3) is 8.51. The van der Waals surface area contributed by atoms with Crippen LogP contribution in [0.2, 0.25) is 0 Å². The Kier molecular flexibility index (Phi) is 9.59. The summed E-state index contributed by atoms with van der Waals surface area (Å²) in [5.41, 5.74) is -4.07. The molecule has 1 aromatic rings. The van der Waals surface area contributed by atoms with Crippen molar-refractivity contribution in [2.45, 2.75) is 70.3 Å². The number of piperidine rings is 1. The summed E-state index contributed by atoms with van der Waals surface area (Å²) in [5, 5.41) is 5.58. The molecule has 0 bridgehead atoms. The largest absolute Gasteiger partial charge is 0.449 e. The number of halogens is 6. The molecule has 1 saturated heterocycles. The van der Waals surface area contributed by atoms with E-state index in [4.69, 9.17) is 4.74 Å². The number of likely N-dealkylation sites (tertiary alicyclic amines) is 1. The van der Waals surface area contributed by atoms with Gasteiger partial charge in [0.15, 0.2) is 0 Å². The Labute approximate surface area is 218 Å². The van der Waals surface area contributed by atoms with Crippen LogP contribution in [0.5, 0.6) is 0 Å². The first-order valence-corrected chi connectivity index (χ1v) is 12.9. The molecule has 1 aliphatic heterocycles. The average molecular weight is 552 g/mol. The summed E-state index contributed by atoms with van der Waals surface area (Å²) in [4.78, 5) is 27.0. The van der Waals surface area contributed by atoms with E-state index in [1.165, 1.54) is 0 Å². The predicted molar refractivity (Wildman–Crippen MR) is 128 cm³/mol. The average Bonchev–Trinajstić information content (AvgIpc) is 3.28. The van der Waals surface area contributed by atoms with Gasteiger partial charge in [0, 0.05) is 18.7 Å². The van der Waals surface area contributed by atoms with Crippen LogP contribution >= 0.6 is 0 Å². The van der Waals surface area contributed by atoms with Crippen molar-refractivity contribution in [2.24, 2.45) is 11.8 Å². The number of rotatable bonds is 8. The van der Waals surface area contributed by atoms with Crippen molar-refractivity contribution in [3.63, 3.8) is 0 Å². The smallest absolute Gasteiger partial charge is 0.416 e. The second kappa shape index (κ2) is 12.1. The lowest BCUT2D eigenvalue weighted by Crippen LogP contribution is -2.55. The number of hydrogen-bond donors (Lipinski definition) is 2. The highest BCUT2D eigenvalue weighted by molar-refractivity contribution is 5.94. The van der Waals surface area contributed by atoms with E-state index >= 15 is 0 Å². The third-order valence-corrected chi connectivity index (χ3v) is 7.11. The Morgan fingerprint density at radius 2 is 1.55 bits per heavy atom. The number of carbonyl (C=O) groups is 2. The van der Waals surface area contributed by atoms with Crippen LogP contribution in [-0.2, 0) is 17.1 Å². The van der Waals surface area contributed by atoms with Gasteiger partial charge in [0.2, 0.25) is 0 Å². The topological polar surface area (TPSA) is 70.7 Å². The summed E-state index contributed by atoms with van der Waals surface area (Å²) in [6.07, 6.45) is -5.31. The van der Waals surface area contributed by atoms with Gasteiger partial charge in [0.1, 0.15) is 0 Å². The quantitative estimate of drug-likeness (QED) is 0.397. The molecule has 38 heavy (non-hydrogen) atoms. The van der Waals surface area contributed by atoms with E-state index in [1.807, 2.05) is 13.8 Å². The molecule has 2 fully saturated rings.